The van der Waals surface area contributed by atoms with Gasteiger partial charge in [0.05, 0.1) is 17.2 Å². The fourth-order valence-electron chi connectivity index (χ4n) is 3.16. The Kier molecular flexibility index (Phi) is 11.0. The molecule has 0 saturated carbocycles. The number of halogens is 1. The van der Waals surface area contributed by atoms with Crippen molar-refractivity contribution in [2.45, 2.75) is 52.8 Å². The van der Waals surface area contributed by atoms with E-state index in [1.807, 2.05) is 46.8 Å². The van der Waals surface area contributed by atoms with Crippen LogP contribution >= 0.6 is 0 Å². The molecule has 3 rings (SSSR count). The molecule has 8 nitrogen and oxygen atoms in total. The summed E-state index contributed by atoms with van der Waals surface area (Å²) in [6, 6.07) is 9.84. The topological polar surface area (TPSA) is 118 Å². The SMILES string of the molecule is CC.CC.Cc1ccc(-c2cc3ncn(CCC(C(=O)NO)S(C)(=O)=O)c(=O)c3cc2F)cc1. The van der Waals surface area contributed by atoms with E-state index in [9.17, 15) is 22.4 Å². The smallest absolute Gasteiger partial charge is 0.261 e. The number of sulfone groups is 1. The lowest BCUT2D eigenvalue weighted by atomic mass is 10.0. The first-order valence-electron chi connectivity index (χ1n) is 11.0. The van der Waals surface area contributed by atoms with Crippen molar-refractivity contribution in [2.24, 2.45) is 0 Å². The average molecular weight is 494 g/mol. The highest BCUT2D eigenvalue weighted by Gasteiger charge is 2.28. The first-order valence-corrected chi connectivity index (χ1v) is 13.0. The van der Waals surface area contributed by atoms with E-state index in [1.54, 1.807) is 12.1 Å². The number of fused-ring (bicyclic) bond motifs is 1. The van der Waals surface area contributed by atoms with Crippen LogP contribution in [0.25, 0.3) is 22.0 Å². The summed E-state index contributed by atoms with van der Waals surface area (Å²) in [6.07, 6.45) is 1.82. The highest BCUT2D eigenvalue weighted by atomic mass is 32.2. The number of nitrogens with zero attached hydrogens (tertiary/aromatic N) is 2. The number of amides is 1. The maximum absolute atomic E-state index is 14.7. The molecule has 34 heavy (non-hydrogen) atoms. The van der Waals surface area contributed by atoms with Crippen LogP contribution in [0.2, 0.25) is 0 Å². The Labute approximate surface area is 199 Å². The maximum Gasteiger partial charge on any atom is 0.261 e. The molecule has 0 fully saturated rings. The van der Waals surface area contributed by atoms with Gasteiger partial charge in [-0.15, -0.1) is 0 Å². The number of rotatable bonds is 6. The lowest BCUT2D eigenvalue weighted by molar-refractivity contribution is -0.128. The van der Waals surface area contributed by atoms with Crippen LogP contribution in [0.4, 0.5) is 4.39 Å². The Morgan fingerprint density at radius 1 is 1.15 bits per heavy atom. The van der Waals surface area contributed by atoms with E-state index >= 15 is 0 Å². The van der Waals surface area contributed by atoms with Crippen LogP contribution in [0.3, 0.4) is 0 Å². The molecule has 0 aliphatic carbocycles. The zero-order valence-electron chi connectivity index (χ0n) is 20.3. The van der Waals surface area contributed by atoms with Crippen LogP contribution in [0.5, 0.6) is 0 Å². The van der Waals surface area contributed by atoms with Crippen LogP contribution < -0.4 is 11.0 Å². The number of hydrogen-bond acceptors (Lipinski definition) is 6. The molecular formula is C24H32FN3O5S. The fraction of sp³-hybridized carbons (Fsp3) is 0.375. The van der Waals surface area contributed by atoms with Gasteiger partial charge in [-0.1, -0.05) is 57.5 Å². The number of nitrogens with one attached hydrogen (secondary N) is 1. The van der Waals surface area contributed by atoms with Gasteiger partial charge in [-0.25, -0.2) is 23.3 Å². The molecule has 0 radical (unpaired) electrons. The first kappa shape index (κ1) is 28.9. The van der Waals surface area contributed by atoms with E-state index in [0.29, 0.717) is 16.6 Å². The second-order valence-electron chi connectivity index (χ2n) is 7.04. The predicted molar refractivity (Wildman–Crippen MR) is 132 cm³/mol. The summed E-state index contributed by atoms with van der Waals surface area (Å²) in [4.78, 5) is 28.5. The van der Waals surface area contributed by atoms with Crippen LogP contribution in [0.1, 0.15) is 39.7 Å². The summed E-state index contributed by atoms with van der Waals surface area (Å²) >= 11 is 0. The molecular weight excluding hydrogens is 461 g/mol. The average Bonchev–Trinajstić information content (AvgIpc) is 2.83. The molecule has 2 aromatic carbocycles. The molecule has 1 unspecified atom stereocenters. The first-order chi connectivity index (χ1) is 16.1. The predicted octanol–water partition coefficient (Wildman–Crippen LogP) is 3.87. The van der Waals surface area contributed by atoms with Crippen LogP contribution in [0, 0.1) is 12.7 Å². The van der Waals surface area contributed by atoms with Crippen LogP contribution in [-0.4, -0.2) is 40.6 Å². The minimum atomic E-state index is -3.82. The zero-order valence-corrected chi connectivity index (χ0v) is 21.1. The second kappa shape index (κ2) is 13.0. The van der Waals surface area contributed by atoms with E-state index in [4.69, 9.17) is 5.21 Å². The van der Waals surface area contributed by atoms with Crippen molar-refractivity contribution in [3.63, 3.8) is 0 Å². The lowest BCUT2D eigenvalue weighted by Crippen LogP contribution is -2.39. The van der Waals surface area contributed by atoms with E-state index in [2.05, 4.69) is 4.98 Å². The highest BCUT2D eigenvalue weighted by Crippen LogP contribution is 2.26. The van der Waals surface area contributed by atoms with Crippen molar-refractivity contribution in [3.05, 3.63) is 64.5 Å². The van der Waals surface area contributed by atoms with Crippen molar-refractivity contribution >= 4 is 26.6 Å². The molecule has 2 N–H and O–H groups in total. The second-order valence-corrected chi connectivity index (χ2v) is 9.27. The number of hydroxylamine groups is 1. The Hall–Kier alpha value is -3.11. The third-order valence-corrected chi connectivity index (χ3v) is 6.31. The summed E-state index contributed by atoms with van der Waals surface area (Å²) in [5.41, 5.74) is 3.03. The summed E-state index contributed by atoms with van der Waals surface area (Å²) in [6.45, 7) is 9.76. The summed E-state index contributed by atoms with van der Waals surface area (Å²) in [5, 5.41) is 7.24. The number of hydrogen-bond donors (Lipinski definition) is 2. The van der Waals surface area contributed by atoms with Crippen molar-refractivity contribution in [1.82, 2.24) is 15.0 Å². The van der Waals surface area contributed by atoms with Crippen molar-refractivity contribution in [2.75, 3.05) is 6.26 Å². The number of carbonyl (C=O) groups excluding carboxylic acids is 1. The minimum Gasteiger partial charge on any atom is -0.299 e. The van der Waals surface area contributed by atoms with E-state index in [0.717, 1.165) is 22.5 Å². The van der Waals surface area contributed by atoms with Gasteiger partial charge >= 0.3 is 0 Å². The Morgan fingerprint density at radius 2 is 1.74 bits per heavy atom. The lowest BCUT2D eigenvalue weighted by Gasteiger charge is -2.14. The molecule has 1 amide bonds. The molecule has 1 heterocycles. The molecule has 1 aromatic heterocycles. The van der Waals surface area contributed by atoms with Gasteiger partial charge < -0.3 is 0 Å². The molecule has 1 atom stereocenters. The van der Waals surface area contributed by atoms with Crippen LogP contribution in [0.15, 0.2) is 47.5 Å². The Morgan fingerprint density at radius 3 is 2.26 bits per heavy atom. The molecule has 3 aromatic rings. The molecule has 0 saturated heterocycles. The molecule has 186 valence electrons. The normalized spacial score (nSPS) is 11.5. The van der Waals surface area contributed by atoms with Crippen molar-refractivity contribution in [1.29, 1.82) is 0 Å². The van der Waals surface area contributed by atoms with Gasteiger partial charge in [-0.05, 0) is 31.0 Å². The third-order valence-electron chi connectivity index (χ3n) is 4.83. The van der Waals surface area contributed by atoms with Gasteiger partial charge in [-0.3, -0.25) is 19.4 Å². The Balaban J connectivity index is 0.00000137. The molecule has 0 aliphatic heterocycles. The minimum absolute atomic E-state index is 0.0355. The fourth-order valence-corrected chi connectivity index (χ4v) is 4.14. The van der Waals surface area contributed by atoms with Gasteiger partial charge in [0, 0.05) is 18.4 Å². The largest absolute Gasteiger partial charge is 0.299 e. The number of aryl methyl sites for hydroxylation is 2. The number of carbonyl (C=O) groups is 1. The van der Waals surface area contributed by atoms with Crippen LogP contribution in [-0.2, 0) is 21.2 Å². The monoisotopic (exact) mass is 493 g/mol. The van der Waals surface area contributed by atoms with E-state index in [-0.39, 0.29) is 18.4 Å². The number of aromatic nitrogens is 2. The molecule has 0 bridgehead atoms. The zero-order chi connectivity index (χ0) is 26.1. The molecule has 0 aliphatic rings. The third kappa shape index (κ3) is 6.94. The standard InChI is InChI=1S/C20H20FN3O5S.2C2H6/c1-12-3-5-13(6-4-12)14-10-17-15(9-16(14)21)20(26)24(11-22-17)8-7-18(19(25)23-27)30(2,28)29;2*1-2/h3-6,9-11,18,27H,7-8H2,1-2H3,(H,23,25);2*1-2H3. The van der Waals surface area contributed by atoms with Gasteiger partial charge in [0.2, 0.25) is 0 Å². The maximum atomic E-state index is 14.7. The van der Waals surface area contributed by atoms with Gasteiger partial charge in [0.15, 0.2) is 9.84 Å². The summed E-state index contributed by atoms with van der Waals surface area (Å²) in [7, 11) is -3.82. The molecule has 10 heteroatoms. The van der Waals surface area contributed by atoms with Crippen molar-refractivity contribution < 1.29 is 22.8 Å². The highest BCUT2D eigenvalue weighted by molar-refractivity contribution is 7.92. The van der Waals surface area contributed by atoms with Crippen molar-refractivity contribution in [3.8, 4) is 11.1 Å². The summed E-state index contributed by atoms with van der Waals surface area (Å²) in [5.74, 6) is -1.68. The van der Waals surface area contributed by atoms with Gasteiger partial charge in [-0.2, -0.15) is 0 Å². The van der Waals surface area contributed by atoms with E-state index in [1.165, 1.54) is 17.9 Å². The number of benzene rings is 2. The Bertz CT molecular complexity index is 1270. The quantitative estimate of drug-likeness (QED) is 0.398. The summed E-state index contributed by atoms with van der Waals surface area (Å²) < 4.78 is 39.3. The van der Waals surface area contributed by atoms with Gasteiger partial charge in [0.1, 0.15) is 11.1 Å². The van der Waals surface area contributed by atoms with E-state index < -0.39 is 32.4 Å². The molecule has 0 spiro atoms. The van der Waals surface area contributed by atoms with Gasteiger partial charge in [0.25, 0.3) is 11.5 Å².